The maximum atomic E-state index is 4.97. The summed E-state index contributed by atoms with van der Waals surface area (Å²) in [5, 5.41) is 5.13. The summed E-state index contributed by atoms with van der Waals surface area (Å²) in [7, 11) is 0. The minimum atomic E-state index is -0.0828. The predicted molar refractivity (Wildman–Crippen MR) is 170 cm³/mol. The van der Waals surface area contributed by atoms with Gasteiger partial charge in [-0.3, -0.25) is 4.57 Å². The van der Waals surface area contributed by atoms with Crippen molar-refractivity contribution in [3.8, 4) is 22.5 Å². The number of fused-ring (bicyclic) bond motifs is 8. The number of para-hydroxylation sites is 3. The van der Waals surface area contributed by atoms with Crippen LogP contribution in [0.25, 0.3) is 66.1 Å². The molecule has 3 heteroatoms. The van der Waals surface area contributed by atoms with Crippen LogP contribution in [0, 0.1) is 0 Å². The van der Waals surface area contributed by atoms with Crippen molar-refractivity contribution in [2.75, 3.05) is 0 Å². The Morgan fingerprint density at radius 2 is 1.24 bits per heavy atom. The Morgan fingerprint density at radius 3 is 2.10 bits per heavy atom. The molecule has 3 nitrogen and oxygen atoms in total. The highest BCUT2D eigenvalue weighted by Crippen LogP contribution is 2.52. The number of aromatic nitrogens is 3. The van der Waals surface area contributed by atoms with Crippen LogP contribution in [0.15, 0.2) is 128 Å². The lowest BCUT2D eigenvalue weighted by Gasteiger charge is -2.22. The van der Waals surface area contributed by atoms with Gasteiger partial charge in [-0.2, -0.15) is 0 Å². The molecule has 0 N–H and O–H groups in total. The van der Waals surface area contributed by atoms with Crippen LogP contribution >= 0.6 is 0 Å². The van der Waals surface area contributed by atoms with Gasteiger partial charge in [-0.25, -0.2) is 4.98 Å². The quantitative estimate of drug-likeness (QED) is 0.220. The van der Waals surface area contributed by atoms with E-state index in [1.807, 2.05) is 12.4 Å². The average Bonchev–Trinajstić information content (AvgIpc) is 3.65. The smallest absolute Gasteiger partial charge is 0.113 e. The minimum Gasteiger partial charge on any atom is -0.307 e. The Balaban J connectivity index is 1.37. The number of hydrogen-bond acceptors (Lipinski definition) is 1. The van der Waals surface area contributed by atoms with Crippen LogP contribution in [0.3, 0.4) is 0 Å². The first-order valence-corrected chi connectivity index (χ1v) is 14.2. The number of hydrogen-bond donors (Lipinski definition) is 0. The van der Waals surface area contributed by atoms with Crippen molar-refractivity contribution in [1.29, 1.82) is 0 Å². The third kappa shape index (κ3) is 3.01. The van der Waals surface area contributed by atoms with E-state index >= 15 is 0 Å². The highest BCUT2D eigenvalue weighted by molar-refractivity contribution is 6.12. The van der Waals surface area contributed by atoms with Crippen LogP contribution in [0.5, 0.6) is 0 Å². The molecule has 0 amide bonds. The highest BCUT2D eigenvalue weighted by atomic mass is 15.1. The topological polar surface area (TPSA) is 22.8 Å². The minimum absolute atomic E-state index is 0.0828. The fraction of sp³-hybridized carbons (Fsp3) is 0.0789. The molecule has 0 fully saturated rings. The summed E-state index contributed by atoms with van der Waals surface area (Å²) < 4.78 is 4.59. The van der Waals surface area contributed by atoms with E-state index in [9.17, 15) is 0 Å². The zero-order valence-electron chi connectivity index (χ0n) is 23.0. The third-order valence-electron chi connectivity index (χ3n) is 9.17. The van der Waals surface area contributed by atoms with Gasteiger partial charge in [0.25, 0.3) is 0 Å². The monoisotopic (exact) mass is 525 g/mol. The van der Waals surface area contributed by atoms with E-state index in [-0.39, 0.29) is 5.41 Å². The van der Waals surface area contributed by atoms with Crippen molar-refractivity contribution >= 4 is 43.6 Å². The molecule has 0 atom stereocenters. The second kappa shape index (κ2) is 7.96. The largest absolute Gasteiger partial charge is 0.307 e. The predicted octanol–water partition coefficient (Wildman–Crippen LogP) is 9.58. The van der Waals surface area contributed by atoms with Crippen molar-refractivity contribution in [3.63, 3.8) is 0 Å². The van der Waals surface area contributed by atoms with E-state index in [1.54, 1.807) is 0 Å². The Labute approximate surface area is 237 Å². The normalized spacial score (nSPS) is 13.8. The lowest BCUT2D eigenvalue weighted by molar-refractivity contribution is 0.662. The molecule has 0 bridgehead atoms. The summed E-state index contributed by atoms with van der Waals surface area (Å²) in [5.41, 5.74) is 12.1. The Morgan fingerprint density at radius 1 is 0.561 bits per heavy atom. The first-order valence-electron chi connectivity index (χ1n) is 14.2. The van der Waals surface area contributed by atoms with Crippen LogP contribution in [-0.2, 0) is 5.41 Å². The summed E-state index contributed by atoms with van der Waals surface area (Å²) in [5.74, 6) is 0. The van der Waals surface area contributed by atoms with E-state index in [2.05, 4.69) is 138 Å². The lowest BCUT2D eigenvalue weighted by Crippen LogP contribution is -2.14. The number of rotatable bonds is 2. The van der Waals surface area contributed by atoms with Gasteiger partial charge >= 0.3 is 0 Å². The lowest BCUT2D eigenvalue weighted by atomic mass is 9.81. The SMILES string of the molecule is CC1(C)c2cc3ccccc3cc2-c2cc3c(cc21)c1ccccc1n3-c1cccc2c1ncn2-c1ccccc1. The van der Waals surface area contributed by atoms with Gasteiger partial charge in [0.1, 0.15) is 11.8 Å². The first kappa shape index (κ1) is 22.6. The summed E-state index contributed by atoms with van der Waals surface area (Å²) in [6.45, 7) is 4.74. The summed E-state index contributed by atoms with van der Waals surface area (Å²) in [6.07, 6.45) is 1.94. The molecule has 0 spiro atoms. The molecule has 2 heterocycles. The van der Waals surface area contributed by atoms with E-state index in [0.717, 1.165) is 22.4 Å². The van der Waals surface area contributed by atoms with Gasteiger partial charge in [-0.05, 0) is 87.6 Å². The second-order valence-electron chi connectivity index (χ2n) is 11.7. The standard InChI is InChI=1S/C38H27N3/c1-38(2)31-20-25-12-7-6-11-24(25)19-28(31)29-22-36-30(21-32(29)38)27-15-8-9-16-33(27)41(36)35-18-10-17-34-37(35)39-23-40(34)26-13-4-3-5-14-26/h3-23H,1-2H3. The van der Waals surface area contributed by atoms with Gasteiger partial charge in [0.2, 0.25) is 0 Å². The molecule has 1 aliphatic carbocycles. The third-order valence-corrected chi connectivity index (χ3v) is 9.17. The van der Waals surface area contributed by atoms with Crippen molar-refractivity contribution < 1.29 is 0 Å². The van der Waals surface area contributed by atoms with E-state index in [1.165, 1.54) is 54.8 Å². The Bertz CT molecular complexity index is 2330. The van der Waals surface area contributed by atoms with Crippen molar-refractivity contribution in [2.45, 2.75) is 19.3 Å². The summed E-state index contributed by atoms with van der Waals surface area (Å²) >= 11 is 0. The molecule has 2 aromatic heterocycles. The van der Waals surface area contributed by atoms with Crippen LogP contribution in [0.4, 0.5) is 0 Å². The van der Waals surface area contributed by atoms with Crippen molar-refractivity contribution in [1.82, 2.24) is 14.1 Å². The fourth-order valence-electron chi connectivity index (χ4n) is 7.14. The van der Waals surface area contributed by atoms with Gasteiger partial charge < -0.3 is 4.57 Å². The van der Waals surface area contributed by atoms with Crippen molar-refractivity contribution in [2.24, 2.45) is 0 Å². The van der Waals surface area contributed by atoms with Crippen molar-refractivity contribution in [3.05, 3.63) is 139 Å². The van der Waals surface area contributed by atoms with Gasteiger partial charge in [0.05, 0.1) is 22.2 Å². The summed E-state index contributed by atoms with van der Waals surface area (Å²) in [6, 6.07) is 44.1. The van der Waals surface area contributed by atoms with Gasteiger partial charge in [-0.15, -0.1) is 0 Å². The summed E-state index contributed by atoms with van der Waals surface area (Å²) in [4.78, 5) is 4.97. The molecule has 9 rings (SSSR count). The maximum Gasteiger partial charge on any atom is 0.113 e. The zero-order valence-corrected chi connectivity index (χ0v) is 23.0. The number of benzene rings is 6. The maximum absolute atomic E-state index is 4.97. The van der Waals surface area contributed by atoms with Gasteiger partial charge in [-0.1, -0.05) is 80.6 Å². The molecule has 6 aromatic carbocycles. The number of imidazole rings is 1. The zero-order chi connectivity index (χ0) is 27.3. The molecular weight excluding hydrogens is 498 g/mol. The molecule has 194 valence electrons. The second-order valence-corrected chi connectivity index (χ2v) is 11.7. The Hall–Kier alpha value is -5.15. The van der Waals surface area contributed by atoms with Crippen LogP contribution in [-0.4, -0.2) is 14.1 Å². The van der Waals surface area contributed by atoms with E-state index in [4.69, 9.17) is 4.98 Å². The average molecular weight is 526 g/mol. The molecule has 0 saturated heterocycles. The van der Waals surface area contributed by atoms with Crippen LogP contribution in [0.2, 0.25) is 0 Å². The van der Waals surface area contributed by atoms with Crippen LogP contribution in [0.1, 0.15) is 25.0 Å². The molecule has 41 heavy (non-hydrogen) atoms. The highest BCUT2D eigenvalue weighted by Gasteiger charge is 2.36. The molecule has 1 aliphatic rings. The van der Waals surface area contributed by atoms with E-state index in [0.29, 0.717) is 0 Å². The number of nitrogens with zero attached hydrogens (tertiary/aromatic N) is 3. The van der Waals surface area contributed by atoms with E-state index < -0.39 is 0 Å². The molecule has 0 aliphatic heterocycles. The van der Waals surface area contributed by atoms with Gasteiger partial charge in [0, 0.05) is 21.9 Å². The first-order chi connectivity index (χ1) is 20.1. The molecule has 0 saturated carbocycles. The molecule has 0 unspecified atom stereocenters. The fourth-order valence-corrected chi connectivity index (χ4v) is 7.14. The Kier molecular flexibility index (Phi) is 4.39. The van der Waals surface area contributed by atoms with Crippen LogP contribution < -0.4 is 0 Å². The van der Waals surface area contributed by atoms with Gasteiger partial charge in [0.15, 0.2) is 0 Å². The molecular formula is C38H27N3. The molecule has 8 aromatic rings. The molecule has 0 radical (unpaired) electrons.